The summed E-state index contributed by atoms with van der Waals surface area (Å²) >= 11 is 1.55. The number of hydrogen-bond donors (Lipinski definition) is 1. The maximum Gasteiger partial charge on any atom is 0.146 e. The van der Waals surface area contributed by atoms with E-state index < -0.39 is 0 Å². The highest BCUT2D eigenvalue weighted by Crippen LogP contribution is 2.39. The second kappa shape index (κ2) is 3.44. The highest BCUT2D eigenvalue weighted by Gasteiger charge is 2.28. The van der Waals surface area contributed by atoms with Crippen LogP contribution < -0.4 is 5.32 Å². The van der Waals surface area contributed by atoms with Gasteiger partial charge in [-0.15, -0.1) is 0 Å². The molecule has 1 N–H and O–H groups in total. The molecule has 0 radical (unpaired) electrons. The second-order valence-electron chi connectivity index (χ2n) is 3.93. The van der Waals surface area contributed by atoms with Gasteiger partial charge >= 0.3 is 0 Å². The van der Waals surface area contributed by atoms with Crippen molar-refractivity contribution in [1.29, 1.82) is 0 Å². The third kappa shape index (κ3) is 1.60. The van der Waals surface area contributed by atoms with Crippen LogP contribution in [0.3, 0.4) is 0 Å². The molecule has 1 aromatic heterocycles. The predicted molar refractivity (Wildman–Crippen MR) is 57.3 cm³/mol. The van der Waals surface area contributed by atoms with Gasteiger partial charge in [0, 0.05) is 12.5 Å². The van der Waals surface area contributed by atoms with Crippen LogP contribution in [0.25, 0.3) is 5.57 Å². The number of rotatable bonds is 2. The van der Waals surface area contributed by atoms with Gasteiger partial charge in [0.15, 0.2) is 0 Å². The Morgan fingerprint density at radius 2 is 2.36 bits per heavy atom. The Kier molecular flexibility index (Phi) is 2.10. The van der Waals surface area contributed by atoms with Gasteiger partial charge in [-0.05, 0) is 42.9 Å². The van der Waals surface area contributed by atoms with E-state index in [0.717, 1.165) is 30.3 Å². The Morgan fingerprint density at radius 3 is 3.07 bits per heavy atom. The van der Waals surface area contributed by atoms with Gasteiger partial charge in [-0.2, -0.15) is 4.37 Å². The smallest absolute Gasteiger partial charge is 0.146 e. The average molecular weight is 207 g/mol. The minimum Gasteiger partial charge on any atom is -0.312 e. The number of nitrogens with one attached hydrogen (secondary N) is 1. The molecule has 2 aliphatic rings. The minimum absolute atomic E-state index is 0.678. The van der Waals surface area contributed by atoms with Crippen molar-refractivity contribution >= 4 is 17.1 Å². The van der Waals surface area contributed by atoms with Gasteiger partial charge < -0.3 is 5.32 Å². The summed E-state index contributed by atoms with van der Waals surface area (Å²) in [5.41, 5.74) is 1.33. The van der Waals surface area contributed by atoms with E-state index in [2.05, 4.69) is 20.8 Å². The first-order valence-electron chi connectivity index (χ1n) is 5.17. The van der Waals surface area contributed by atoms with Gasteiger partial charge in [0.1, 0.15) is 10.8 Å². The molecule has 14 heavy (non-hydrogen) atoms. The highest BCUT2D eigenvalue weighted by molar-refractivity contribution is 7.06. The van der Waals surface area contributed by atoms with E-state index in [1.807, 2.05) is 0 Å². The maximum absolute atomic E-state index is 4.60. The van der Waals surface area contributed by atoms with Crippen LogP contribution >= 0.6 is 11.5 Å². The van der Waals surface area contributed by atoms with Gasteiger partial charge in [-0.3, -0.25) is 0 Å². The van der Waals surface area contributed by atoms with E-state index in [9.17, 15) is 0 Å². The topological polar surface area (TPSA) is 37.8 Å². The third-order valence-electron chi connectivity index (χ3n) is 2.69. The van der Waals surface area contributed by atoms with Gasteiger partial charge in [0.05, 0.1) is 0 Å². The third-order valence-corrected chi connectivity index (χ3v) is 3.49. The van der Waals surface area contributed by atoms with Crippen LogP contribution in [-0.4, -0.2) is 22.4 Å². The van der Waals surface area contributed by atoms with Crippen molar-refractivity contribution in [2.75, 3.05) is 13.1 Å². The quantitative estimate of drug-likeness (QED) is 0.803. The fourth-order valence-corrected chi connectivity index (χ4v) is 2.46. The summed E-state index contributed by atoms with van der Waals surface area (Å²) in [6.07, 6.45) is 5.97. The summed E-state index contributed by atoms with van der Waals surface area (Å²) in [7, 11) is 0. The lowest BCUT2D eigenvalue weighted by Crippen LogP contribution is -2.21. The lowest BCUT2D eigenvalue weighted by Gasteiger charge is -2.10. The van der Waals surface area contributed by atoms with Crippen molar-refractivity contribution in [3.05, 3.63) is 16.9 Å². The zero-order valence-electron chi connectivity index (χ0n) is 7.99. The molecule has 1 aliphatic carbocycles. The first-order valence-corrected chi connectivity index (χ1v) is 5.94. The Hall–Kier alpha value is -0.740. The summed E-state index contributed by atoms with van der Waals surface area (Å²) < 4.78 is 4.42. The van der Waals surface area contributed by atoms with Gasteiger partial charge in [0.25, 0.3) is 0 Å². The van der Waals surface area contributed by atoms with Crippen LogP contribution in [0.1, 0.15) is 36.0 Å². The van der Waals surface area contributed by atoms with Crippen molar-refractivity contribution in [2.24, 2.45) is 0 Å². The van der Waals surface area contributed by atoms with Crippen LogP contribution in [-0.2, 0) is 0 Å². The monoisotopic (exact) mass is 207 g/mol. The van der Waals surface area contributed by atoms with E-state index in [0.29, 0.717) is 5.92 Å². The van der Waals surface area contributed by atoms with Gasteiger partial charge in [-0.1, -0.05) is 6.08 Å². The van der Waals surface area contributed by atoms with Crippen molar-refractivity contribution in [3.8, 4) is 0 Å². The van der Waals surface area contributed by atoms with Crippen LogP contribution in [0.15, 0.2) is 6.08 Å². The number of nitrogens with zero attached hydrogens (tertiary/aromatic N) is 2. The molecule has 1 saturated carbocycles. The standard InChI is InChI=1S/C10H13N3S/c1-2-8(6-11-5-1)10-12-9(13-14-10)7-3-4-7/h2,7,11H,1,3-6H2. The molecule has 0 saturated heterocycles. The fourth-order valence-electron chi connectivity index (χ4n) is 1.68. The molecule has 0 atom stereocenters. The molecule has 1 fully saturated rings. The molecule has 1 aromatic rings. The zero-order chi connectivity index (χ0) is 9.38. The SMILES string of the molecule is C1=C(c2nc(C3CC3)ns2)CNCC1. The first-order chi connectivity index (χ1) is 6.93. The molecule has 0 bridgehead atoms. The van der Waals surface area contributed by atoms with Crippen LogP contribution in [0.2, 0.25) is 0 Å². The molecule has 0 amide bonds. The van der Waals surface area contributed by atoms with Gasteiger partial charge in [0.2, 0.25) is 0 Å². The molecule has 0 aromatic carbocycles. The van der Waals surface area contributed by atoms with Crippen LogP contribution in [0, 0.1) is 0 Å². The van der Waals surface area contributed by atoms with E-state index in [-0.39, 0.29) is 0 Å². The summed E-state index contributed by atoms with van der Waals surface area (Å²) in [5, 5.41) is 4.48. The van der Waals surface area contributed by atoms with Crippen LogP contribution in [0.5, 0.6) is 0 Å². The Balaban J connectivity index is 1.84. The Labute approximate surface area is 87.4 Å². The molecule has 4 heteroatoms. The van der Waals surface area contributed by atoms with Crippen molar-refractivity contribution in [2.45, 2.75) is 25.2 Å². The van der Waals surface area contributed by atoms with Crippen molar-refractivity contribution in [3.63, 3.8) is 0 Å². The molecular formula is C10H13N3S. The van der Waals surface area contributed by atoms with Crippen LogP contribution in [0.4, 0.5) is 0 Å². The van der Waals surface area contributed by atoms with E-state index in [4.69, 9.17) is 0 Å². The van der Waals surface area contributed by atoms with E-state index >= 15 is 0 Å². The summed E-state index contributed by atoms with van der Waals surface area (Å²) in [6, 6.07) is 0. The Bertz CT molecular complexity index is 365. The Morgan fingerprint density at radius 1 is 1.43 bits per heavy atom. The number of aromatic nitrogens is 2. The van der Waals surface area contributed by atoms with Gasteiger partial charge in [-0.25, -0.2) is 4.98 Å². The summed E-state index contributed by atoms with van der Waals surface area (Å²) in [4.78, 5) is 4.60. The lowest BCUT2D eigenvalue weighted by atomic mass is 10.1. The summed E-state index contributed by atoms with van der Waals surface area (Å²) in [6.45, 7) is 2.05. The highest BCUT2D eigenvalue weighted by atomic mass is 32.1. The summed E-state index contributed by atoms with van der Waals surface area (Å²) in [5.74, 6) is 1.76. The molecule has 0 spiro atoms. The number of hydrogen-bond acceptors (Lipinski definition) is 4. The molecule has 1 aliphatic heterocycles. The van der Waals surface area contributed by atoms with Crippen molar-refractivity contribution in [1.82, 2.24) is 14.7 Å². The predicted octanol–water partition coefficient (Wildman–Crippen LogP) is 1.79. The molecule has 3 nitrogen and oxygen atoms in total. The maximum atomic E-state index is 4.60. The largest absolute Gasteiger partial charge is 0.312 e. The van der Waals surface area contributed by atoms with Crippen molar-refractivity contribution < 1.29 is 0 Å². The lowest BCUT2D eigenvalue weighted by molar-refractivity contribution is 0.738. The molecular weight excluding hydrogens is 194 g/mol. The van der Waals surface area contributed by atoms with E-state index in [1.165, 1.54) is 18.4 Å². The normalized spacial score (nSPS) is 22.1. The first kappa shape index (κ1) is 8.56. The second-order valence-corrected chi connectivity index (χ2v) is 4.68. The zero-order valence-corrected chi connectivity index (χ0v) is 8.81. The molecule has 3 rings (SSSR count). The molecule has 74 valence electrons. The fraction of sp³-hybridized carbons (Fsp3) is 0.600. The molecule has 0 unspecified atom stereocenters. The molecule has 2 heterocycles. The minimum atomic E-state index is 0.678. The average Bonchev–Trinajstić information content (AvgIpc) is 2.98. The van der Waals surface area contributed by atoms with E-state index in [1.54, 1.807) is 11.5 Å².